The van der Waals surface area contributed by atoms with Gasteiger partial charge in [0, 0.05) is 61.0 Å². The van der Waals surface area contributed by atoms with E-state index in [0.717, 1.165) is 68.1 Å². The number of carbonyl (C=O) groups excluding carboxylic acids is 1. The van der Waals surface area contributed by atoms with E-state index < -0.39 is 0 Å². The number of piperidine rings is 1. The fraction of sp³-hybridized carbons (Fsp3) is 0.378. The van der Waals surface area contributed by atoms with Crippen LogP contribution >= 0.6 is 11.6 Å². The standard InChI is InChI=1S/C37H39ClFN7O3/c1-23(2)31-7-4-25(20-41-31)37(47)42-27-6-8-33-32(19-27)43-35(46(33)21-29-12-16-48-29)22-45-14-10-28(11-15-45)49-36-9-13-40-34(44-36)17-24-3-5-26(38)18-30(24)39/h3-9,13,18-20,23,28-29H,10-12,14-17,21-22H2,1-2H3,(H,42,47). The summed E-state index contributed by atoms with van der Waals surface area (Å²) in [5.74, 6) is 1.67. The van der Waals surface area contributed by atoms with Crippen molar-refractivity contribution in [1.82, 2.24) is 29.4 Å². The second kappa shape index (κ2) is 14.6. The average Bonchev–Trinajstić information content (AvgIpc) is 3.40. The van der Waals surface area contributed by atoms with Crippen LogP contribution in [-0.2, 0) is 24.2 Å². The van der Waals surface area contributed by atoms with E-state index >= 15 is 0 Å². The summed E-state index contributed by atoms with van der Waals surface area (Å²) in [6.07, 6.45) is 6.40. The number of hydrogen-bond acceptors (Lipinski definition) is 8. The number of pyridine rings is 1. The number of benzene rings is 2. The number of anilines is 1. The van der Waals surface area contributed by atoms with Crippen molar-refractivity contribution in [1.29, 1.82) is 0 Å². The van der Waals surface area contributed by atoms with Crippen LogP contribution in [0.5, 0.6) is 5.88 Å². The average molecular weight is 684 g/mol. The molecule has 0 radical (unpaired) electrons. The third-order valence-corrected chi connectivity index (χ3v) is 9.37. The Balaban J connectivity index is 0.992. The molecule has 0 bridgehead atoms. The van der Waals surface area contributed by atoms with Crippen LogP contribution in [0.3, 0.4) is 0 Å². The van der Waals surface area contributed by atoms with E-state index in [1.54, 1.807) is 30.6 Å². The number of ether oxygens (including phenoxy) is 2. The molecule has 1 atom stereocenters. The van der Waals surface area contributed by atoms with Gasteiger partial charge in [0.25, 0.3) is 5.91 Å². The van der Waals surface area contributed by atoms with Crippen LogP contribution < -0.4 is 10.1 Å². The van der Waals surface area contributed by atoms with Crippen LogP contribution in [0.2, 0.25) is 5.02 Å². The lowest BCUT2D eigenvalue weighted by molar-refractivity contribution is -0.0592. The Bertz CT molecular complexity index is 1940. The number of carbonyl (C=O) groups is 1. The van der Waals surface area contributed by atoms with Gasteiger partial charge in [0.05, 0.1) is 35.8 Å². The molecule has 12 heteroatoms. The van der Waals surface area contributed by atoms with E-state index in [1.165, 1.54) is 6.07 Å². The summed E-state index contributed by atoms with van der Waals surface area (Å²) in [6.45, 7) is 8.04. The molecule has 2 aliphatic heterocycles. The topological polar surface area (TPSA) is 107 Å². The van der Waals surface area contributed by atoms with Crippen molar-refractivity contribution < 1.29 is 18.7 Å². The predicted molar refractivity (Wildman–Crippen MR) is 186 cm³/mol. The third-order valence-electron chi connectivity index (χ3n) is 9.14. The van der Waals surface area contributed by atoms with Gasteiger partial charge in [-0.15, -0.1) is 0 Å². The van der Waals surface area contributed by atoms with E-state index in [2.05, 4.69) is 43.6 Å². The molecule has 1 unspecified atom stereocenters. The van der Waals surface area contributed by atoms with Crippen LogP contribution in [0.15, 0.2) is 67.0 Å². The molecule has 2 aliphatic rings. The summed E-state index contributed by atoms with van der Waals surface area (Å²) in [6, 6.07) is 15.9. The molecule has 2 aromatic carbocycles. The number of nitrogens with zero attached hydrogens (tertiary/aromatic N) is 6. The fourth-order valence-corrected chi connectivity index (χ4v) is 6.38. The minimum Gasteiger partial charge on any atom is -0.474 e. The molecule has 5 heterocycles. The van der Waals surface area contributed by atoms with Gasteiger partial charge in [0.2, 0.25) is 5.88 Å². The SMILES string of the molecule is CC(C)c1ccc(C(=O)Nc2ccc3c(c2)nc(CN2CCC(Oc4ccnc(Cc5ccc(Cl)cc5F)n4)CC2)n3CC2CCO2)cn1. The fourth-order valence-electron chi connectivity index (χ4n) is 6.22. The summed E-state index contributed by atoms with van der Waals surface area (Å²) < 4.78 is 28.6. The number of amides is 1. The van der Waals surface area contributed by atoms with Crippen LogP contribution in [-0.4, -0.2) is 67.2 Å². The maximum atomic E-state index is 14.3. The Morgan fingerprint density at radius 3 is 2.61 bits per heavy atom. The van der Waals surface area contributed by atoms with Crippen LogP contribution in [0.4, 0.5) is 10.1 Å². The van der Waals surface area contributed by atoms with Crippen molar-refractivity contribution in [3.63, 3.8) is 0 Å². The Morgan fingerprint density at radius 1 is 1.06 bits per heavy atom. The Kier molecular flexibility index (Phi) is 9.84. The van der Waals surface area contributed by atoms with Gasteiger partial charge in [-0.1, -0.05) is 31.5 Å². The first-order valence-electron chi connectivity index (χ1n) is 16.8. The largest absolute Gasteiger partial charge is 0.474 e. The second-order valence-corrected chi connectivity index (χ2v) is 13.5. The van der Waals surface area contributed by atoms with Gasteiger partial charge < -0.3 is 19.4 Å². The molecular weight excluding hydrogens is 645 g/mol. The minimum atomic E-state index is -0.378. The molecule has 0 spiro atoms. The lowest BCUT2D eigenvalue weighted by Gasteiger charge is -2.32. The van der Waals surface area contributed by atoms with Gasteiger partial charge in [-0.05, 0) is 73.2 Å². The Hall–Kier alpha value is -4.45. The molecule has 10 nitrogen and oxygen atoms in total. The monoisotopic (exact) mass is 683 g/mol. The summed E-state index contributed by atoms with van der Waals surface area (Å²) in [7, 11) is 0. The minimum absolute atomic E-state index is 0.0106. The molecule has 2 saturated heterocycles. The molecular formula is C37H39ClFN7O3. The van der Waals surface area contributed by atoms with Gasteiger partial charge in [0.1, 0.15) is 23.6 Å². The number of halogens is 2. The number of hydrogen-bond donors (Lipinski definition) is 1. The highest BCUT2D eigenvalue weighted by Crippen LogP contribution is 2.27. The van der Waals surface area contributed by atoms with E-state index in [-0.39, 0.29) is 30.4 Å². The van der Waals surface area contributed by atoms with E-state index in [0.29, 0.717) is 46.0 Å². The normalized spacial score (nSPS) is 17.0. The molecule has 1 amide bonds. The lowest BCUT2D eigenvalue weighted by atomic mass is 10.1. The number of aromatic nitrogens is 5. The maximum Gasteiger partial charge on any atom is 0.257 e. The van der Waals surface area contributed by atoms with Crippen LogP contribution in [0, 0.1) is 5.82 Å². The molecule has 0 aliphatic carbocycles. The highest BCUT2D eigenvalue weighted by atomic mass is 35.5. The number of likely N-dealkylation sites (tertiary alicyclic amines) is 1. The van der Waals surface area contributed by atoms with Gasteiger partial charge in [-0.25, -0.2) is 14.4 Å². The summed E-state index contributed by atoms with van der Waals surface area (Å²) in [4.78, 5) is 33.7. The number of rotatable bonds is 11. The third kappa shape index (κ3) is 7.90. The molecule has 1 N–H and O–H groups in total. The van der Waals surface area contributed by atoms with Gasteiger partial charge >= 0.3 is 0 Å². The molecule has 2 fully saturated rings. The van der Waals surface area contributed by atoms with E-state index in [9.17, 15) is 9.18 Å². The molecule has 254 valence electrons. The van der Waals surface area contributed by atoms with Crippen molar-refractivity contribution >= 4 is 34.2 Å². The quantitative estimate of drug-likeness (QED) is 0.162. The lowest BCUT2D eigenvalue weighted by Crippen LogP contribution is -2.39. The molecule has 5 aromatic rings. The zero-order valence-corrected chi connectivity index (χ0v) is 28.4. The molecule has 49 heavy (non-hydrogen) atoms. The summed E-state index contributed by atoms with van der Waals surface area (Å²) >= 11 is 5.89. The molecule has 3 aromatic heterocycles. The van der Waals surface area contributed by atoms with Crippen molar-refractivity contribution in [3.8, 4) is 5.88 Å². The molecule has 7 rings (SSSR count). The Morgan fingerprint density at radius 2 is 1.90 bits per heavy atom. The highest BCUT2D eigenvalue weighted by Gasteiger charge is 2.26. The molecule has 0 saturated carbocycles. The van der Waals surface area contributed by atoms with Crippen LogP contribution in [0.25, 0.3) is 11.0 Å². The first-order chi connectivity index (χ1) is 23.8. The number of fused-ring (bicyclic) bond motifs is 1. The van der Waals surface area contributed by atoms with Crippen molar-refractivity contribution in [2.45, 2.75) is 70.7 Å². The van der Waals surface area contributed by atoms with Gasteiger partial charge in [-0.3, -0.25) is 14.7 Å². The second-order valence-electron chi connectivity index (χ2n) is 13.0. The van der Waals surface area contributed by atoms with Crippen molar-refractivity contribution in [2.75, 3.05) is 25.0 Å². The van der Waals surface area contributed by atoms with Gasteiger partial charge in [0.15, 0.2) is 0 Å². The first-order valence-corrected chi connectivity index (χ1v) is 17.2. The zero-order valence-electron chi connectivity index (χ0n) is 27.6. The van der Waals surface area contributed by atoms with Crippen molar-refractivity contribution in [2.24, 2.45) is 0 Å². The maximum absolute atomic E-state index is 14.3. The number of imidazole rings is 1. The first kappa shape index (κ1) is 33.1. The predicted octanol–water partition coefficient (Wildman–Crippen LogP) is 6.81. The van der Waals surface area contributed by atoms with Crippen molar-refractivity contribution in [3.05, 3.63) is 106 Å². The Labute approximate surface area is 289 Å². The van der Waals surface area contributed by atoms with Gasteiger partial charge in [-0.2, -0.15) is 4.98 Å². The number of nitrogens with one attached hydrogen (secondary N) is 1. The van der Waals surface area contributed by atoms with Crippen LogP contribution in [0.1, 0.15) is 72.3 Å². The zero-order chi connectivity index (χ0) is 33.9. The highest BCUT2D eigenvalue weighted by molar-refractivity contribution is 6.30. The smallest absolute Gasteiger partial charge is 0.257 e. The summed E-state index contributed by atoms with van der Waals surface area (Å²) in [5, 5.41) is 3.36. The van der Waals surface area contributed by atoms with E-state index in [4.69, 9.17) is 26.1 Å². The summed E-state index contributed by atoms with van der Waals surface area (Å²) in [5.41, 5.74) is 4.48. The van der Waals surface area contributed by atoms with E-state index in [1.807, 2.05) is 30.3 Å².